The van der Waals surface area contributed by atoms with Crippen LogP contribution in [0.5, 0.6) is 0 Å². The van der Waals surface area contributed by atoms with Crippen LogP contribution in [0.1, 0.15) is 11.7 Å². The van der Waals surface area contributed by atoms with Gasteiger partial charge in [0.15, 0.2) is 0 Å². The maximum atomic E-state index is 12.7. The summed E-state index contributed by atoms with van der Waals surface area (Å²) in [5, 5.41) is 0. The van der Waals surface area contributed by atoms with Crippen molar-refractivity contribution in [3.63, 3.8) is 0 Å². The zero-order valence-electron chi connectivity index (χ0n) is 6.03. The molecule has 0 aliphatic rings. The van der Waals surface area contributed by atoms with E-state index in [1.165, 1.54) is 0 Å². The molecule has 0 spiro atoms. The molecule has 1 rings (SSSR count). The van der Waals surface area contributed by atoms with Gasteiger partial charge in [0.25, 0.3) is 0 Å². The molecular weight excluding hydrogens is 165 g/mol. The van der Waals surface area contributed by atoms with Crippen LogP contribution >= 0.6 is 12.4 Å². The topological polar surface area (TPSA) is 26.0 Å². The van der Waals surface area contributed by atoms with Crippen molar-refractivity contribution in [1.29, 1.82) is 0 Å². The first-order valence-electron chi connectivity index (χ1n) is 3.23. The fourth-order valence-electron chi connectivity index (χ4n) is 0.798. The Bertz CT molecular complexity index is 191. The van der Waals surface area contributed by atoms with Gasteiger partial charge in [0.1, 0.15) is 6.17 Å². The molecule has 0 fully saturated rings. The van der Waals surface area contributed by atoms with Gasteiger partial charge in [-0.3, -0.25) is 0 Å². The highest BCUT2D eigenvalue weighted by molar-refractivity contribution is 5.85. The van der Waals surface area contributed by atoms with E-state index >= 15 is 0 Å². The minimum atomic E-state index is -1.01. The van der Waals surface area contributed by atoms with Crippen LogP contribution < -0.4 is 5.73 Å². The summed E-state index contributed by atoms with van der Waals surface area (Å²) in [5.41, 5.74) is 5.79. The van der Waals surface area contributed by atoms with Gasteiger partial charge in [-0.1, -0.05) is 30.3 Å². The molecule has 0 saturated heterocycles. The van der Waals surface area contributed by atoms with Gasteiger partial charge in [0.05, 0.1) is 0 Å². The standard InChI is InChI=1S/C8H10FN.ClH/c9-8(6-10)7-4-2-1-3-5-7;/h1-5,8H,6,10H2;1H/t8-;/m0./s1. The summed E-state index contributed by atoms with van der Waals surface area (Å²) in [6.45, 7) is 0.0595. The molecule has 11 heavy (non-hydrogen) atoms. The van der Waals surface area contributed by atoms with Crippen molar-refractivity contribution in [1.82, 2.24) is 0 Å². The lowest BCUT2D eigenvalue weighted by Gasteiger charge is -2.02. The Morgan fingerprint density at radius 3 is 2.27 bits per heavy atom. The van der Waals surface area contributed by atoms with Crippen LogP contribution in [0.15, 0.2) is 30.3 Å². The predicted octanol–water partition coefficient (Wildman–Crippen LogP) is 2.08. The second-order valence-corrected chi connectivity index (χ2v) is 2.11. The Balaban J connectivity index is 0.000001000. The fourth-order valence-corrected chi connectivity index (χ4v) is 0.798. The molecular formula is C8H11ClFN. The van der Waals surface area contributed by atoms with Crippen LogP contribution in [0.4, 0.5) is 4.39 Å². The lowest BCUT2D eigenvalue weighted by molar-refractivity contribution is 0.353. The van der Waals surface area contributed by atoms with Crippen LogP contribution in [-0.2, 0) is 0 Å². The highest BCUT2D eigenvalue weighted by Crippen LogP contribution is 2.13. The van der Waals surface area contributed by atoms with Crippen molar-refractivity contribution in [2.45, 2.75) is 6.17 Å². The van der Waals surface area contributed by atoms with Crippen LogP contribution in [0.2, 0.25) is 0 Å². The van der Waals surface area contributed by atoms with Crippen molar-refractivity contribution in [2.75, 3.05) is 6.54 Å². The Morgan fingerprint density at radius 1 is 1.27 bits per heavy atom. The van der Waals surface area contributed by atoms with E-state index in [0.29, 0.717) is 5.56 Å². The highest BCUT2D eigenvalue weighted by Gasteiger charge is 2.03. The van der Waals surface area contributed by atoms with E-state index in [0.717, 1.165) is 0 Å². The number of alkyl halides is 1. The van der Waals surface area contributed by atoms with E-state index in [1.807, 2.05) is 6.07 Å². The molecule has 0 radical (unpaired) electrons. The molecule has 2 N–H and O–H groups in total. The van der Waals surface area contributed by atoms with Gasteiger partial charge >= 0.3 is 0 Å². The SMILES string of the molecule is Cl.NC[C@H](F)c1ccccc1. The first-order chi connectivity index (χ1) is 4.84. The molecule has 0 saturated carbocycles. The van der Waals surface area contributed by atoms with Gasteiger partial charge in [0, 0.05) is 6.54 Å². The molecule has 0 amide bonds. The van der Waals surface area contributed by atoms with Gasteiger partial charge in [-0.15, -0.1) is 12.4 Å². The molecule has 1 atom stereocenters. The molecule has 0 bridgehead atoms. The summed E-state index contributed by atoms with van der Waals surface area (Å²) in [4.78, 5) is 0. The van der Waals surface area contributed by atoms with E-state index in [2.05, 4.69) is 0 Å². The Kier molecular flexibility index (Phi) is 4.83. The second-order valence-electron chi connectivity index (χ2n) is 2.11. The Hall–Kier alpha value is -0.600. The molecule has 1 aromatic carbocycles. The summed E-state index contributed by atoms with van der Waals surface area (Å²) in [5.74, 6) is 0. The van der Waals surface area contributed by atoms with E-state index in [1.54, 1.807) is 24.3 Å². The second kappa shape index (κ2) is 5.10. The Labute approximate surface area is 71.8 Å². The molecule has 0 aromatic heterocycles. The van der Waals surface area contributed by atoms with Crippen molar-refractivity contribution < 1.29 is 4.39 Å². The van der Waals surface area contributed by atoms with Gasteiger partial charge in [0.2, 0.25) is 0 Å². The third-order valence-corrected chi connectivity index (χ3v) is 1.37. The largest absolute Gasteiger partial charge is 0.327 e. The summed E-state index contributed by atoms with van der Waals surface area (Å²) >= 11 is 0. The minimum absolute atomic E-state index is 0. The number of nitrogens with two attached hydrogens (primary N) is 1. The first kappa shape index (κ1) is 10.4. The zero-order chi connectivity index (χ0) is 7.40. The molecule has 62 valence electrons. The normalized spacial score (nSPS) is 11.8. The molecule has 0 aliphatic heterocycles. The quantitative estimate of drug-likeness (QED) is 0.732. The van der Waals surface area contributed by atoms with Crippen LogP contribution in [0.3, 0.4) is 0 Å². The maximum absolute atomic E-state index is 12.7. The number of benzene rings is 1. The van der Waals surface area contributed by atoms with Crippen LogP contribution in [0, 0.1) is 0 Å². The Morgan fingerprint density at radius 2 is 1.82 bits per heavy atom. The van der Waals surface area contributed by atoms with Crippen molar-refractivity contribution >= 4 is 12.4 Å². The molecule has 0 unspecified atom stereocenters. The lowest BCUT2D eigenvalue weighted by Crippen LogP contribution is -2.07. The van der Waals surface area contributed by atoms with Crippen LogP contribution in [-0.4, -0.2) is 6.54 Å². The first-order valence-corrected chi connectivity index (χ1v) is 3.23. The van der Waals surface area contributed by atoms with Crippen molar-refractivity contribution in [2.24, 2.45) is 5.73 Å². The van der Waals surface area contributed by atoms with Gasteiger partial charge < -0.3 is 5.73 Å². The molecule has 0 heterocycles. The molecule has 0 aliphatic carbocycles. The number of rotatable bonds is 2. The molecule has 1 aromatic rings. The zero-order valence-corrected chi connectivity index (χ0v) is 6.85. The smallest absolute Gasteiger partial charge is 0.137 e. The van der Waals surface area contributed by atoms with Crippen molar-refractivity contribution in [3.05, 3.63) is 35.9 Å². The summed E-state index contributed by atoms with van der Waals surface area (Å²) < 4.78 is 12.7. The average molecular weight is 176 g/mol. The maximum Gasteiger partial charge on any atom is 0.137 e. The molecule has 3 heteroatoms. The predicted molar refractivity (Wildman–Crippen MR) is 46.6 cm³/mol. The highest BCUT2D eigenvalue weighted by atomic mass is 35.5. The third-order valence-electron chi connectivity index (χ3n) is 1.37. The fraction of sp³-hybridized carbons (Fsp3) is 0.250. The number of halogens is 2. The average Bonchev–Trinajstić information content (AvgIpc) is 2.05. The molecule has 1 nitrogen and oxygen atoms in total. The summed E-state index contributed by atoms with van der Waals surface area (Å²) in [6, 6.07) is 8.93. The monoisotopic (exact) mass is 175 g/mol. The van der Waals surface area contributed by atoms with Crippen molar-refractivity contribution in [3.8, 4) is 0 Å². The third kappa shape index (κ3) is 2.87. The van der Waals surface area contributed by atoms with Gasteiger partial charge in [-0.25, -0.2) is 4.39 Å². The van der Waals surface area contributed by atoms with Gasteiger partial charge in [-0.2, -0.15) is 0 Å². The van der Waals surface area contributed by atoms with E-state index in [4.69, 9.17) is 5.73 Å². The van der Waals surface area contributed by atoms with Crippen LogP contribution in [0.25, 0.3) is 0 Å². The summed E-state index contributed by atoms with van der Waals surface area (Å²) in [6.07, 6.45) is -1.01. The van der Waals surface area contributed by atoms with E-state index < -0.39 is 6.17 Å². The van der Waals surface area contributed by atoms with Gasteiger partial charge in [-0.05, 0) is 5.56 Å². The minimum Gasteiger partial charge on any atom is -0.327 e. The number of hydrogen-bond acceptors (Lipinski definition) is 1. The van der Waals surface area contributed by atoms with E-state index in [-0.39, 0.29) is 19.0 Å². The van der Waals surface area contributed by atoms with E-state index in [9.17, 15) is 4.39 Å². The number of hydrogen-bond donors (Lipinski definition) is 1. The summed E-state index contributed by atoms with van der Waals surface area (Å²) in [7, 11) is 0. The lowest BCUT2D eigenvalue weighted by atomic mass is 10.1.